The van der Waals surface area contributed by atoms with Crippen LogP contribution in [0, 0.1) is 6.92 Å². The van der Waals surface area contributed by atoms with Crippen molar-refractivity contribution in [3.63, 3.8) is 0 Å². The molecule has 1 aromatic rings. The van der Waals surface area contributed by atoms with Crippen LogP contribution in [0.15, 0.2) is 30.0 Å². The lowest BCUT2D eigenvalue weighted by molar-refractivity contribution is 0.225. The molecule has 1 aliphatic heterocycles. The molecule has 3 heteroatoms. The maximum atomic E-state index is 6.12. The monoisotopic (exact) mass is 223 g/mol. The van der Waals surface area contributed by atoms with Gasteiger partial charge in [-0.3, -0.25) is 0 Å². The summed E-state index contributed by atoms with van der Waals surface area (Å²) >= 11 is 6.05. The van der Waals surface area contributed by atoms with E-state index < -0.39 is 0 Å². The van der Waals surface area contributed by atoms with E-state index in [0.29, 0.717) is 0 Å². The molecule has 1 unspecified atom stereocenters. The van der Waals surface area contributed by atoms with Crippen molar-refractivity contribution in [2.75, 3.05) is 6.61 Å². The summed E-state index contributed by atoms with van der Waals surface area (Å²) in [7, 11) is 0. The van der Waals surface area contributed by atoms with Crippen LogP contribution in [0.3, 0.4) is 0 Å². The predicted molar refractivity (Wildman–Crippen MR) is 61.8 cm³/mol. The van der Waals surface area contributed by atoms with Crippen LogP contribution in [-0.4, -0.2) is 6.61 Å². The highest BCUT2D eigenvalue weighted by Gasteiger charge is 2.18. The van der Waals surface area contributed by atoms with Crippen LogP contribution < -0.4 is 5.73 Å². The van der Waals surface area contributed by atoms with Crippen LogP contribution >= 0.6 is 11.6 Å². The largest absolute Gasteiger partial charge is 0.496 e. The van der Waals surface area contributed by atoms with Gasteiger partial charge in [-0.05, 0) is 30.2 Å². The van der Waals surface area contributed by atoms with Crippen LogP contribution in [0.5, 0.6) is 0 Å². The van der Waals surface area contributed by atoms with Crippen LogP contribution in [0.2, 0.25) is 5.02 Å². The fraction of sp³-hybridized carbons (Fsp3) is 0.333. The molecule has 2 nitrogen and oxygen atoms in total. The maximum absolute atomic E-state index is 6.12. The molecule has 80 valence electrons. The van der Waals surface area contributed by atoms with Gasteiger partial charge >= 0.3 is 0 Å². The first kappa shape index (κ1) is 10.5. The van der Waals surface area contributed by atoms with E-state index in [1.807, 2.05) is 31.2 Å². The molecular formula is C12H14ClNO. The fourth-order valence-electron chi connectivity index (χ4n) is 1.77. The number of ether oxygens (including phenoxy) is 1. The van der Waals surface area contributed by atoms with E-state index in [1.165, 1.54) is 0 Å². The number of nitrogens with two attached hydrogens (primary N) is 1. The van der Waals surface area contributed by atoms with Crippen molar-refractivity contribution in [2.45, 2.75) is 19.4 Å². The first-order valence-corrected chi connectivity index (χ1v) is 5.41. The van der Waals surface area contributed by atoms with Gasteiger partial charge in [0.2, 0.25) is 0 Å². The lowest BCUT2D eigenvalue weighted by Crippen LogP contribution is -2.15. The van der Waals surface area contributed by atoms with Crippen LogP contribution in [-0.2, 0) is 4.74 Å². The highest BCUT2D eigenvalue weighted by molar-refractivity contribution is 6.31. The first-order chi connectivity index (χ1) is 7.20. The fourth-order valence-corrected chi connectivity index (χ4v) is 1.95. The summed E-state index contributed by atoms with van der Waals surface area (Å²) in [5, 5.41) is 0.751. The van der Waals surface area contributed by atoms with E-state index in [1.54, 1.807) is 0 Å². The van der Waals surface area contributed by atoms with Crippen LogP contribution in [0.25, 0.3) is 0 Å². The van der Waals surface area contributed by atoms with Gasteiger partial charge in [0.15, 0.2) is 0 Å². The van der Waals surface area contributed by atoms with E-state index in [9.17, 15) is 0 Å². The minimum absolute atomic E-state index is 0.189. The number of hydrogen-bond donors (Lipinski definition) is 1. The highest BCUT2D eigenvalue weighted by atomic mass is 35.5. The Morgan fingerprint density at radius 3 is 2.93 bits per heavy atom. The lowest BCUT2D eigenvalue weighted by atomic mass is 10.0. The minimum atomic E-state index is -0.189. The van der Waals surface area contributed by atoms with E-state index >= 15 is 0 Å². The van der Waals surface area contributed by atoms with Crippen molar-refractivity contribution in [3.8, 4) is 0 Å². The molecule has 2 rings (SSSR count). The molecule has 0 saturated carbocycles. The van der Waals surface area contributed by atoms with E-state index in [4.69, 9.17) is 22.1 Å². The highest BCUT2D eigenvalue weighted by Crippen LogP contribution is 2.29. The maximum Gasteiger partial charge on any atom is 0.113 e. The van der Waals surface area contributed by atoms with Crippen molar-refractivity contribution >= 4 is 11.6 Å². The second-order valence-electron chi connectivity index (χ2n) is 3.68. The summed E-state index contributed by atoms with van der Waals surface area (Å²) in [4.78, 5) is 0. The summed E-state index contributed by atoms with van der Waals surface area (Å²) in [6, 6.07) is 5.59. The second-order valence-corrected chi connectivity index (χ2v) is 4.08. The smallest absolute Gasteiger partial charge is 0.113 e. The Morgan fingerprint density at radius 1 is 1.47 bits per heavy atom. The average Bonchev–Trinajstić information content (AvgIpc) is 2.74. The number of rotatable bonds is 2. The molecule has 15 heavy (non-hydrogen) atoms. The average molecular weight is 224 g/mol. The Kier molecular flexibility index (Phi) is 2.98. The van der Waals surface area contributed by atoms with Gasteiger partial charge < -0.3 is 10.5 Å². The molecule has 2 N–H and O–H groups in total. The van der Waals surface area contributed by atoms with Gasteiger partial charge in [-0.1, -0.05) is 23.7 Å². The third kappa shape index (κ3) is 2.01. The third-order valence-corrected chi connectivity index (χ3v) is 3.09. The molecule has 1 aliphatic rings. The van der Waals surface area contributed by atoms with Crippen molar-refractivity contribution in [1.82, 2.24) is 0 Å². The van der Waals surface area contributed by atoms with Gasteiger partial charge in [0.25, 0.3) is 0 Å². The summed E-state index contributed by atoms with van der Waals surface area (Å²) in [6.45, 7) is 2.72. The molecule has 1 aromatic carbocycles. The number of halogens is 1. The number of benzene rings is 1. The normalized spacial score (nSPS) is 17.1. The third-order valence-electron chi connectivity index (χ3n) is 2.68. The SMILES string of the molecule is Cc1c(Cl)cccc1C(N)C1=CCCO1. The molecular weight excluding hydrogens is 210 g/mol. The molecule has 0 spiro atoms. The molecule has 0 saturated heterocycles. The Balaban J connectivity index is 2.32. The summed E-state index contributed by atoms with van der Waals surface area (Å²) < 4.78 is 5.46. The second kappa shape index (κ2) is 4.25. The van der Waals surface area contributed by atoms with E-state index in [-0.39, 0.29) is 6.04 Å². The lowest BCUT2D eigenvalue weighted by Gasteiger charge is -2.16. The van der Waals surface area contributed by atoms with Gasteiger partial charge in [-0.25, -0.2) is 0 Å². The molecule has 1 heterocycles. The van der Waals surface area contributed by atoms with Crippen molar-refractivity contribution in [2.24, 2.45) is 5.73 Å². The van der Waals surface area contributed by atoms with Crippen molar-refractivity contribution in [1.29, 1.82) is 0 Å². The minimum Gasteiger partial charge on any atom is -0.496 e. The van der Waals surface area contributed by atoms with Crippen LogP contribution in [0.1, 0.15) is 23.6 Å². The zero-order valence-corrected chi connectivity index (χ0v) is 9.42. The zero-order chi connectivity index (χ0) is 10.8. The summed E-state index contributed by atoms with van der Waals surface area (Å²) in [5.41, 5.74) is 8.19. The molecule has 1 atom stereocenters. The molecule has 0 fully saturated rings. The molecule has 0 radical (unpaired) electrons. The predicted octanol–water partition coefficient (Wildman–Crippen LogP) is 2.95. The van der Waals surface area contributed by atoms with Crippen molar-refractivity contribution in [3.05, 3.63) is 46.2 Å². The topological polar surface area (TPSA) is 35.2 Å². The van der Waals surface area contributed by atoms with Gasteiger partial charge in [0.1, 0.15) is 5.76 Å². The van der Waals surface area contributed by atoms with Gasteiger partial charge in [-0.15, -0.1) is 0 Å². The van der Waals surface area contributed by atoms with E-state index in [2.05, 4.69) is 0 Å². The Hall–Kier alpha value is -0.990. The molecule has 0 aliphatic carbocycles. The van der Waals surface area contributed by atoms with Gasteiger partial charge in [0, 0.05) is 11.4 Å². The Morgan fingerprint density at radius 2 is 2.27 bits per heavy atom. The van der Waals surface area contributed by atoms with E-state index in [0.717, 1.165) is 34.9 Å². The molecule has 0 amide bonds. The Bertz CT molecular complexity index is 401. The van der Waals surface area contributed by atoms with Gasteiger partial charge in [-0.2, -0.15) is 0 Å². The van der Waals surface area contributed by atoms with Gasteiger partial charge in [0.05, 0.1) is 12.6 Å². The first-order valence-electron chi connectivity index (χ1n) is 5.03. The van der Waals surface area contributed by atoms with Crippen LogP contribution in [0.4, 0.5) is 0 Å². The standard InChI is InChI=1S/C12H14ClNO/c1-8-9(4-2-5-10(8)13)12(14)11-6-3-7-15-11/h2,4-6,12H,3,7,14H2,1H3. The Labute approximate surface area is 94.7 Å². The quantitative estimate of drug-likeness (QED) is 0.837. The number of hydrogen-bond acceptors (Lipinski definition) is 2. The summed E-state index contributed by atoms with van der Waals surface area (Å²) in [6.07, 6.45) is 2.99. The van der Waals surface area contributed by atoms with Crippen molar-refractivity contribution < 1.29 is 4.74 Å². The zero-order valence-electron chi connectivity index (χ0n) is 8.66. The molecule has 0 aromatic heterocycles. The summed E-state index contributed by atoms with van der Waals surface area (Å²) in [5.74, 6) is 0.861. The molecule has 0 bridgehead atoms.